The Morgan fingerprint density at radius 2 is 1.73 bits per heavy atom. The number of nitrogens with one attached hydrogen (secondary N) is 1. The zero-order valence-electron chi connectivity index (χ0n) is 18.9. The third-order valence-corrected chi connectivity index (χ3v) is 6.23. The maximum absolute atomic E-state index is 11.6. The van der Waals surface area contributed by atoms with Gasteiger partial charge in [0.15, 0.2) is 0 Å². The molecule has 0 unspecified atom stereocenters. The number of carboxylic acids is 1. The molecule has 0 aromatic heterocycles. The van der Waals surface area contributed by atoms with Crippen molar-refractivity contribution in [2.24, 2.45) is 0 Å². The summed E-state index contributed by atoms with van der Waals surface area (Å²) in [6, 6.07) is 23.5. The largest absolute Gasteiger partial charge is 0.490 e. The number of aliphatic hydroxyl groups is 1. The highest BCUT2D eigenvalue weighted by atomic mass is 16.5. The number of carboxylic acid groups (broad SMARTS) is 1. The van der Waals surface area contributed by atoms with Gasteiger partial charge in [0.05, 0.1) is 12.2 Å². The van der Waals surface area contributed by atoms with Gasteiger partial charge in [-0.1, -0.05) is 60.7 Å². The molecule has 2 atom stereocenters. The summed E-state index contributed by atoms with van der Waals surface area (Å²) in [6.45, 7) is 2.61. The molecule has 33 heavy (non-hydrogen) atoms. The highest BCUT2D eigenvalue weighted by molar-refractivity contribution is 5.92. The minimum absolute atomic E-state index is 0.120. The molecule has 0 amide bonds. The highest BCUT2D eigenvalue weighted by Gasteiger charge is 2.22. The molecule has 0 radical (unpaired) electrons. The van der Waals surface area contributed by atoms with Gasteiger partial charge in [-0.05, 0) is 67.0 Å². The lowest BCUT2D eigenvalue weighted by molar-refractivity contribution is 0.0680. The van der Waals surface area contributed by atoms with Crippen LogP contribution in [0.5, 0.6) is 5.75 Å². The van der Waals surface area contributed by atoms with E-state index in [2.05, 4.69) is 36.5 Å². The van der Waals surface area contributed by atoms with Gasteiger partial charge >= 0.3 is 5.97 Å². The second kappa shape index (κ2) is 10.6. The first kappa shape index (κ1) is 23.0. The molecule has 1 aliphatic rings. The molecule has 3 aromatic rings. The Morgan fingerprint density at radius 3 is 2.36 bits per heavy atom. The highest BCUT2D eigenvalue weighted by Crippen LogP contribution is 2.32. The van der Waals surface area contributed by atoms with Gasteiger partial charge in [-0.2, -0.15) is 0 Å². The lowest BCUT2D eigenvalue weighted by Gasteiger charge is -2.27. The van der Waals surface area contributed by atoms with Crippen molar-refractivity contribution in [3.63, 3.8) is 0 Å². The Bertz CT molecular complexity index is 1060. The van der Waals surface area contributed by atoms with Crippen molar-refractivity contribution in [3.05, 3.63) is 89.5 Å². The van der Waals surface area contributed by atoms with Gasteiger partial charge in [-0.25, -0.2) is 4.79 Å². The monoisotopic (exact) mass is 445 g/mol. The van der Waals surface area contributed by atoms with Crippen LogP contribution in [0.15, 0.2) is 72.8 Å². The van der Waals surface area contributed by atoms with Crippen molar-refractivity contribution >= 4 is 5.97 Å². The summed E-state index contributed by atoms with van der Waals surface area (Å²) < 4.78 is 5.95. The molecule has 3 N–H and O–H groups in total. The van der Waals surface area contributed by atoms with Crippen LogP contribution in [-0.4, -0.2) is 34.9 Å². The van der Waals surface area contributed by atoms with Gasteiger partial charge in [0, 0.05) is 12.6 Å². The predicted molar refractivity (Wildman–Crippen MR) is 130 cm³/mol. The number of hydrogen-bond donors (Lipinski definition) is 3. The summed E-state index contributed by atoms with van der Waals surface area (Å²) in [5, 5.41) is 23.2. The lowest BCUT2D eigenvalue weighted by Crippen LogP contribution is -2.32. The maximum atomic E-state index is 11.6. The van der Waals surface area contributed by atoms with E-state index in [1.54, 1.807) is 6.07 Å². The molecule has 0 heterocycles. The van der Waals surface area contributed by atoms with Crippen LogP contribution in [0.1, 0.15) is 53.8 Å². The van der Waals surface area contributed by atoms with Crippen molar-refractivity contribution < 1.29 is 19.7 Å². The van der Waals surface area contributed by atoms with Crippen LogP contribution in [0.3, 0.4) is 0 Å². The van der Waals surface area contributed by atoms with Crippen molar-refractivity contribution in [1.82, 2.24) is 5.32 Å². The van der Waals surface area contributed by atoms with Crippen molar-refractivity contribution in [2.45, 2.75) is 50.9 Å². The molecule has 5 heteroatoms. The van der Waals surface area contributed by atoms with E-state index in [9.17, 15) is 15.0 Å². The Labute approximate surface area is 195 Å². The maximum Gasteiger partial charge on any atom is 0.339 e. The smallest absolute Gasteiger partial charge is 0.339 e. The fraction of sp³-hybridized carbons (Fsp3) is 0.321. The fourth-order valence-electron chi connectivity index (χ4n) is 4.01. The molecule has 0 bridgehead atoms. The number of hydrogen-bond acceptors (Lipinski definition) is 4. The standard InChI is InChI=1S/C28H31NO4/c1-19(29-18-26(30)22-6-3-2-4-7-22)16-20-10-12-21(13-11-20)23-14-15-25(28(31)32)27(17-23)33-24-8-5-9-24/h2-4,6-7,10-15,17,19,24,26,29-30H,5,8-9,16,18H2,1H3,(H,31,32)/t19-,26+/m1/s1. The zero-order valence-corrected chi connectivity index (χ0v) is 18.9. The van der Waals surface area contributed by atoms with Crippen LogP contribution >= 0.6 is 0 Å². The van der Waals surface area contributed by atoms with Gasteiger partial charge in [-0.15, -0.1) is 0 Å². The van der Waals surface area contributed by atoms with E-state index in [1.807, 2.05) is 42.5 Å². The Kier molecular flexibility index (Phi) is 7.43. The summed E-state index contributed by atoms with van der Waals surface area (Å²) in [4.78, 5) is 11.6. The molecule has 0 aliphatic heterocycles. The first-order valence-corrected chi connectivity index (χ1v) is 11.6. The molecule has 3 aromatic carbocycles. The predicted octanol–water partition coefficient (Wildman–Crippen LogP) is 5.24. The van der Waals surface area contributed by atoms with Crippen LogP contribution < -0.4 is 10.1 Å². The topological polar surface area (TPSA) is 78.8 Å². The van der Waals surface area contributed by atoms with Crippen LogP contribution in [0.25, 0.3) is 11.1 Å². The van der Waals surface area contributed by atoms with E-state index >= 15 is 0 Å². The molecule has 0 spiro atoms. The van der Waals surface area contributed by atoms with Crippen LogP contribution in [-0.2, 0) is 6.42 Å². The van der Waals surface area contributed by atoms with Crippen molar-refractivity contribution in [1.29, 1.82) is 0 Å². The molecule has 1 saturated carbocycles. The van der Waals surface area contributed by atoms with E-state index in [0.717, 1.165) is 42.4 Å². The molecule has 4 rings (SSSR count). The SMILES string of the molecule is C[C@H](Cc1ccc(-c2ccc(C(=O)O)c(OC3CCC3)c2)cc1)NC[C@H](O)c1ccccc1. The molecule has 0 saturated heterocycles. The summed E-state index contributed by atoms with van der Waals surface area (Å²) in [5.41, 5.74) is 4.28. The van der Waals surface area contributed by atoms with E-state index < -0.39 is 12.1 Å². The van der Waals surface area contributed by atoms with Gasteiger partial charge in [0.2, 0.25) is 0 Å². The first-order chi connectivity index (χ1) is 16.0. The minimum Gasteiger partial charge on any atom is -0.490 e. The average Bonchev–Trinajstić information content (AvgIpc) is 2.80. The Balaban J connectivity index is 1.37. The molecular weight excluding hydrogens is 414 g/mol. The van der Waals surface area contributed by atoms with Crippen molar-refractivity contribution in [3.8, 4) is 16.9 Å². The van der Waals surface area contributed by atoms with E-state index in [1.165, 1.54) is 5.56 Å². The third kappa shape index (κ3) is 6.01. The van der Waals surface area contributed by atoms with E-state index in [0.29, 0.717) is 12.3 Å². The van der Waals surface area contributed by atoms with Gasteiger partial charge in [-0.3, -0.25) is 0 Å². The minimum atomic E-state index is -0.968. The van der Waals surface area contributed by atoms with Gasteiger partial charge in [0.1, 0.15) is 11.3 Å². The summed E-state index contributed by atoms with van der Waals surface area (Å²) in [7, 11) is 0. The molecule has 5 nitrogen and oxygen atoms in total. The summed E-state index contributed by atoms with van der Waals surface area (Å²) in [5.74, 6) is -0.520. The zero-order chi connectivity index (χ0) is 23.2. The second-order valence-electron chi connectivity index (χ2n) is 8.82. The first-order valence-electron chi connectivity index (χ1n) is 11.6. The number of ether oxygens (including phenoxy) is 1. The van der Waals surface area contributed by atoms with Gasteiger partial charge in [0.25, 0.3) is 0 Å². The van der Waals surface area contributed by atoms with Crippen LogP contribution in [0.4, 0.5) is 0 Å². The average molecular weight is 446 g/mol. The van der Waals surface area contributed by atoms with Gasteiger partial charge < -0.3 is 20.3 Å². The van der Waals surface area contributed by atoms with E-state index in [4.69, 9.17) is 4.74 Å². The van der Waals surface area contributed by atoms with Crippen molar-refractivity contribution in [2.75, 3.05) is 6.54 Å². The third-order valence-electron chi connectivity index (χ3n) is 6.23. The molecular formula is C28H31NO4. The number of carbonyl (C=O) groups is 1. The summed E-state index contributed by atoms with van der Waals surface area (Å²) in [6.07, 6.45) is 3.53. The quantitative estimate of drug-likeness (QED) is 0.398. The molecule has 1 aliphatic carbocycles. The summed E-state index contributed by atoms with van der Waals surface area (Å²) >= 11 is 0. The molecule has 172 valence electrons. The number of rotatable bonds is 10. The normalized spacial score (nSPS) is 15.5. The van der Waals surface area contributed by atoms with Crippen LogP contribution in [0, 0.1) is 0 Å². The number of benzene rings is 3. The lowest BCUT2D eigenvalue weighted by atomic mass is 9.95. The number of aromatic carboxylic acids is 1. The molecule has 1 fully saturated rings. The second-order valence-corrected chi connectivity index (χ2v) is 8.82. The fourth-order valence-corrected chi connectivity index (χ4v) is 4.01. The Morgan fingerprint density at radius 1 is 1.03 bits per heavy atom. The Hall–Kier alpha value is -3.15. The van der Waals surface area contributed by atoms with Crippen LogP contribution in [0.2, 0.25) is 0 Å². The number of aliphatic hydroxyl groups excluding tert-OH is 1. The van der Waals surface area contributed by atoms with E-state index in [-0.39, 0.29) is 17.7 Å².